The molecule has 3 aromatic rings. The quantitative estimate of drug-likeness (QED) is 0.499. The van der Waals surface area contributed by atoms with Gasteiger partial charge in [-0.25, -0.2) is 4.98 Å². The molecular formula is C25H23F3N2O5. The van der Waals surface area contributed by atoms with Crippen molar-refractivity contribution in [1.82, 2.24) is 9.88 Å². The molecule has 5 rings (SSSR count). The summed E-state index contributed by atoms with van der Waals surface area (Å²) >= 11 is 0. The number of carboxylic acid groups (broad SMARTS) is 1. The summed E-state index contributed by atoms with van der Waals surface area (Å²) in [6.45, 7) is 1.68. The van der Waals surface area contributed by atoms with Crippen molar-refractivity contribution in [2.75, 3.05) is 6.54 Å². The lowest BCUT2D eigenvalue weighted by molar-refractivity contribution is -0.274. The fraction of sp³-hybridized carbons (Fsp3) is 0.360. The van der Waals surface area contributed by atoms with Crippen LogP contribution in [-0.4, -0.2) is 39.9 Å². The number of ether oxygens (including phenoxy) is 2. The first-order valence-corrected chi connectivity index (χ1v) is 11.3. The topological polar surface area (TPSA) is 85.0 Å². The van der Waals surface area contributed by atoms with Gasteiger partial charge < -0.3 is 19.0 Å². The molecule has 2 aromatic carbocycles. The Morgan fingerprint density at radius 1 is 1.09 bits per heavy atom. The molecule has 184 valence electrons. The Hall–Kier alpha value is -3.53. The molecule has 2 heterocycles. The average Bonchev–Trinajstić information content (AvgIpc) is 3.20. The van der Waals surface area contributed by atoms with E-state index in [2.05, 4.69) is 14.6 Å². The SMILES string of the molecule is O=C(O)C1CC(N2CCc3oc(-c4ccc(OCc5ccc(OC(F)(F)F)cc5)cc4)nc3C2)C1. The van der Waals surface area contributed by atoms with Crippen molar-refractivity contribution in [3.63, 3.8) is 0 Å². The van der Waals surface area contributed by atoms with Gasteiger partial charge in [0.15, 0.2) is 0 Å². The van der Waals surface area contributed by atoms with E-state index in [9.17, 15) is 18.0 Å². The number of hydrogen-bond donors (Lipinski definition) is 1. The molecule has 1 aromatic heterocycles. The number of oxazole rings is 1. The van der Waals surface area contributed by atoms with Crippen LogP contribution in [0.5, 0.6) is 11.5 Å². The maximum absolute atomic E-state index is 12.3. The number of carbonyl (C=O) groups is 1. The van der Waals surface area contributed by atoms with Crippen molar-refractivity contribution < 1.29 is 37.0 Å². The van der Waals surface area contributed by atoms with Crippen LogP contribution in [0.2, 0.25) is 0 Å². The fourth-order valence-corrected chi connectivity index (χ4v) is 4.39. The number of hydrogen-bond acceptors (Lipinski definition) is 6. The molecule has 0 atom stereocenters. The Morgan fingerprint density at radius 2 is 1.77 bits per heavy atom. The molecule has 0 radical (unpaired) electrons. The van der Waals surface area contributed by atoms with Crippen LogP contribution < -0.4 is 9.47 Å². The van der Waals surface area contributed by atoms with Crippen LogP contribution in [0.3, 0.4) is 0 Å². The minimum Gasteiger partial charge on any atom is -0.489 e. The van der Waals surface area contributed by atoms with E-state index in [0.717, 1.165) is 30.0 Å². The second-order valence-electron chi connectivity index (χ2n) is 8.77. The van der Waals surface area contributed by atoms with Gasteiger partial charge >= 0.3 is 12.3 Å². The lowest BCUT2D eigenvalue weighted by Gasteiger charge is -2.42. The van der Waals surface area contributed by atoms with Gasteiger partial charge in [0.05, 0.1) is 11.6 Å². The molecule has 7 nitrogen and oxygen atoms in total. The van der Waals surface area contributed by atoms with Gasteiger partial charge in [-0.3, -0.25) is 9.69 Å². The number of alkyl halides is 3. The zero-order valence-electron chi connectivity index (χ0n) is 18.6. The lowest BCUT2D eigenvalue weighted by atomic mass is 9.79. The summed E-state index contributed by atoms with van der Waals surface area (Å²) in [7, 11) is 0. The van der Waals surface area contributed by atoms with Gasteiger partial charge in [-0.15, -0.1) is 13.2 Å². The van der Waals surface area contributed by atoms with Gasteiger partial charge in [0, 0.05) is 31.1 Å². The Bertz CT molecular complexity index is 1190. The smallest absolute Gasteiger partial charge is 0.489 e. The Morgan fingerprint density at radius 3 is 2.43 bits per heavy atom. The van der Waals surface area contributed by atoms with Crippen LogP contribution in [0, 0.1) is 5.92 Å². The summed E-state index contributed by atoms with van der Waals surface area (Å²) in [4.78, 5) is 18.0. The highest BCUT2D eigenvalue weighted by Crippen LogP contribution is 2.36. The van der Waals surface area contributed by atoms with E-state index in [-0.39, 0.29) is 24.3 Å². The first-order chi connectivity index (χ1) is 16.7. The van der Waals surface area contributed by atoms with Gasteiger partial charge in [-0.05, 0) is 54.8 Å². The molecule has 0 unspecified atom stereocenters. The minimum atomic E-state index is -4.72. The molecule has 0 bridgehead atoms. The van der Waals surface area contributed by atoms with Crippen molar-refractivity contribution in [1.29, 1.82) is 0 Å². The molecule has 1 fully saturated rings. The van der Waals surface area contributed by atoms with E-state index >= 15 is 0 Å². The summed E-state index contributed by atoms with van der Waals surface area (Å²) in [5, 5.41) is 9.10. The van der Waals surface area contributed by atoms with Crippen LogP contribution in [-0.2, 0) is 24.4 Å². The number of rotatable bonds is 7. The summed E-state index contributed by atoms with van der Waals surface area (Å²) < 4.78 is 52.3. The van der Waals surface area contributed by atoms with Crippen molar-refractivity contribution >= 4 is 5.97 Å². The Balaban J connectivity index is 1.16. The largest absolute Gasteiger partial charge is 0.573 e. The maximum Gasteiger partial charge on any atom is 0.573 e. The maximum atomic E-state index is 12.3. The van der Waals surface area contributed by atoms with Crippen LogP contribution in [0.1, 0.15) is 29.9 Å². The zero-order chi connectivity index (χ0) is 24.6. The first kappa shape index (κ1) is 23.2. The molecular weight excluding hydrogens is 465 g/mol. The van der Waals surface area contributed by atoms with Crippen molar-refractivity contribution in [3.8, 4) is 23.0 Å². The number of halogens is 3. The molecule has 10 heteroatoms. The van der Waals surface area contributed by atoms with E-state index in [1.165, 1.54) is 24.3 Å². The summed E-state index contributed by atoms with van der Waals surface area (Å²) in [6.07, 6.45) is -2.61. The summed E-state index contributed by atoms with van der Waals surface area (Å²) in [5.41, 5.74) is 2.40. The van der Waals surface area contributed by atoms with Crippen LogP contribution in [0.4, 0.5) is 13.2 Å². The van der Waals surface area contributed by atoms with Gasteiger partial charge in [-0.1, -0.05) is 12.1 Å². The second kappa shape index (κ2) is 9.26. The third-order valence-corrected chi connectivity index (χ3v) is 6.40. The molecule has 1 saturated carbocycles. The van der Waals surface area contributed by atoms with E-state index in [1.807, 2.05) is 12.1 Å². The predicted octanol–water partition coefficient (Wildman–Crippen LogP) is 5.04. The van der Waals surface area contributed by atoms with E-state index < -0.39 is 12.3 Å². The lowest BCUT2D eigenvalue weighted by Crippen LogP contribution is -2.48. The molecule has 35 heavy (non-hydrogen) atoms. The van der Waals surface area contributed by atoms with Gasteiger partial charge in [0.25, 0.3) is 0 Å². The molecule has 0 amide bonds. The molecule has 0 saturated heterocycles. The van der Waals surface area contributed by atoms with Crippen molar-refractivity contribution in [3.05, 3.63) is 65.5 Å². The third kappa shape index (κ3) is 5.43. The number of nitrogens with zero attached hydrogens (tertiary/aromatic N) is 2. The molecule has 0 spiro atoms. The number of benzene rings is 2. The van der Waals surface area contributed by atoms with E-state index in [0.29, 0.717) is 36.6 Å². The first-order valence-electron chi connectivity index (χ1n) is 11.3. The Kier molecular flexibility index (Phi) is 6.14. The monoisotopic (exact) mass is 488 g/mol. The third-order valence-electron chi connectivity index (χ3n) is 6.40. The van der Waals surface area contributed by atoms with Crippen LogP contribution in [0.25, 0.3) is 11.5 Å². The van der Waals surface area contributed by atoms with E-state index in [1.54, 1.807) is 12.1 Å². The fourth-order valence-electron chi connectivity index (χ4n) is 4.39. The predicted molar refractivity (Wildman–Crippen MR) is 118 cm³/mol. The Labute approximate surface area is 199 Å². The molecule has 2 aliphatic rings. The van der Waals surface area contributed by atoms with Gasteiger partial charge in [-0.2, -0.15) is 0 Å². The highest BCUT2D eigenvalue weighted by molar-refractivity contribution is 5.71. The molecule has 1 N–H and O–H groups in total. The number of aromatic nitrogens is 1. The van der Waals surface area contributed by atoms with Crippen LogP contribution >= 0.6 is 0 Å². The standard InChI is InChI=1S/C25H23F3N2O5/c26-25(27,28)35-20-5-1-15(2-6-20)14-33-19-7-3-16(4-8-19)23-29-21-13-30(10-9-22(21)34-23)18-11-17(12-18)24(31)32/h1-8,17-18H,9-14H2,(H,31,32). The summed E-state index contributed by atoms with van der Waals surface area (Å²) in [5.74, 6) is 0.759. The van der Waals surface area contributed by atoms with Crippen molar-refractivity contribution in [2.24, 2.45) is 5.92 Å². The normalized spacial score (nSPS) is 20.1. The summed E-state index contributed by atoms with van der Waals surface area (Å²) in [6, 6.07) is 13.1. The highest BCUT2D eigenvalue weighted by atomic mass is 19.4. The molecule has 1 aliphatic carbocycles. The van der Waals surface area contributed by atoms with Crippen LogP contribution in [0.15, 0.2) is 52.9 Å². The number of aliphatic carboxylic acids is 1. The second-order valence-corrected chi connectivity index (χ2v) is 8.77. The van der Waals surface area contributed by atoms with E-state index in [4.69, 9.17) is 14.3 Å². The van der Waals surface area contributed by atoms with Gasteiger partial charge in [0.2, 0.25) is 5.89 Å². The number of fused-ring (bicyclic) bond motifs is 1. The molecule has 1 aliphatic heterocycles. The highest BCUT2D eigenvalue weighted by Gasteiger charge is 2.39. The van der Waals surface area contributed by atoms with Crippen molar-refractivity contribution in [2.45, 2.75) is 44.8 Å². The number of carboxylic acids is 1. The van der Waals surface area contributed by atoms with Gasteiger partial charge in [0.1, 0.15) is 23.9 Å². The minimum absolute atomic E-state index is 0.193. The zero-order valence-corrected chi connectivity index (χ0v) is 18.6. The average molecular weight is 488 g/mol.